The van der Waals surface area contributed by atoms with Crippen LogP contribution in [0.1, 0.15) is 44.5 Å². The van der Waals surface area contributed by atoms with E-state index in [2.05, 4.69) is 18.8 Å². The molecule has 1 aliphatic carbocycles. The zero-order valence-electron chi connectivity index (χ0n) is 10.1. The first-order chi connectivity index (χ1) is 7.62. The second kappa shape index (κ2) is 4.84. The molecular formula is C13H21NOS. The molecule has 16 heavy (non-hydrogen) atoms. The standard InChI is InChI=1S/C13H21NOS/c1-10(2)11-5-3-4-6-13(11,15)9-12-14-7-8-16-12/h7-8,10-11,15H,3-6,9H2,1-2H3. The van der Waals surface area contributed by atoms with Crippen LogP contribution >= 0.6 is 11.3 Å². The van der Waals surface area contributed by atoms with Crippen molar-refractivity contribution in [2.24, 2.45) is 11.8 Å². The molecule has 0 radical (unpaired) electrons. The van der Waals surface area contributed by atoms with Crippen LogP contribution in [0.4, 0.5) is 0 Å². The lowest BCUT2D eigenvalue weighted by atomic mass is 9.69. The number of aliphatic hydroxyl groups is 1. The van der Waals surface area contributed by atoms with E-state index in [-0.39, 0.29) is 0 Å². The third kappa shape index (κ3) is 2.46. The van der Waals surface area contributed by atoms with Gasteiger partial charge in [0.05, 0.1) is 10.6 Å². The highest BCUT2D eigenvalue weighted by atomic mass is 32.1. The maximum Gasteiger partial charge on any atom is 0.0953 e. The highest BCUT2D eigenvalue weighted by Crippen LogP contribution is 2.40. The van der Waals surface area contributed by atoms with Gasteiger partial charge in [0.25, 0.3) is 0 Å². The molecule has 90 valence electrons. The smallest absolute Gasteiger partial charge is 0.0953 e. The monoisotopic (exact) mass is 239 g/mol. The normalized spacial score (nSPS) is 30.9. The van der Waals surface area contributed by atoms with Crippen molar-refractivity contribution in [2.75, 3.05) is 0 Å². The van der Waals surface area contributed by atoms with Crippen LogP contribution in [0.5, 0.6) is 0 Å². The van der Waals surface area contributed by atoms with Crippen LogP contribution in [0.25, 0.3) is 0 Å². The van der Waals surface area contributed by atoms with Gasteiger partial charge in [-0.2, -0.15) is 0 Å². The Bertz CT molecular complexity index is 323. The van der Waals surface area contributed by atoms with E-state index in [4.69, 9.17) is 0 Å². The van der Waals surface area contributed by atoms with Gasteiger partial charge in [0.15, 0.2) is 0 Å². The molecule has 3 heteroatoms. The zero-order chi connectivity index (χ0) is 11.6. The Kier molecular flexibility index (Phi) is 3.65. The van der Waals surface area contributed by atoms with E-state index < -0.39 is 5.60 Å². The number of hydrogen-bond acceptors (Lipinski definition) is 3. The quantitative estimate of drug-likeness (QED) is 0.878. The van der Waals surface area contributed by atoms with Gasteiger partial charge in [0.1, 0.15) is 0 Å². The fourth-order valence-electron chi connectivity index (χ4n) is 3.02. The lowest BCUT2D eigenvalue weighted by Gasteiger charge is -2.42. The van der Waals surface area contributed by atoms with Crippen LogP contribution in [-0.2, 0) is 6.42 Å². The molecular weight excluding hydrogens is 218 g/mol. The first-order valence-electron chi connectivity index (χ1n) is 6.22. The highest BCUT2D eigenvalue weighted by Gasteiger charge is 2.40. The largest absolute Gasteiger partial charge is 0.389 e. The summed E-state index contributed by atoms with van der Waals surface area (Å²) in [6.07, 6.45) is 7.10. The minimum absolute atomic E-state index is 0.435. The molecule has 0 saturated heterocycles. The summed E-state index contributed by atoms with van der Waals surface area (Å²) in [4.78, 5) is 4.31. The van der Waals surface area contributed by atoms with Crippen molar-refractivity contribution in [1.82, 2.24) is 4.98 Å². The summed E-state index contributed by atoms with van der Waals surface area (Å²) >= 11 is 1.66. The fraction of sp³-hybridized carbons (Fsp3) is 0.769. The number of aromatic nitrogens is 1. The molecule has 1 aromatic rings. The number of nitrogens with zero attached hydrogens (tertiary/aromatic N) is 1. The Hall–Kier alpha value is -0.410. The van der Waals surface area contributed by atoms with E-state index in [9.17, 15) is 5.11 Å². The lowest BCUT2D eigenvalue weighted by molar-refractivity contribution is -0.0652. The maximum atomic E-state index is 10.8. The van der Waals surface area contributed by atoms with Crippen molar-refractivity contribution < 1.29 is 5.11 Å². The zero-order valence-corrected chi connectivity index (χ0v) is 11.0. The molecule has 0 aromatic carbocycles. The molecule has 0 spiro atoms. The van der Waals surface area contributed by atoms with Gasteiger partial charge in [-0.05, 0) is 24.7 Å². The first kappa shape index (κ1) is 12.1. The van der Waals surface area contributed by atoms with Gasteiger partial charge in [-0.3, -0.25) is 0 Å². The molecule has 1 saturated carbocycles. The van der Waals surface area contributed by atoms with Crippen molar-refractivity contribution in [3.8, 4) is 0 Å². The Morgan fingerprint density at radius 1 is 1.56 bits per heavy atom. The van der Waals surface area contributed by atoms with E-state index in [1.54, 1.807) is 11.3 Å². The summed E-state index contributed by atoms with van der Waals surface area (Å²) in [7, 11) is 0. The first-order valence-corrected chi connectivity index (χ1v) is 7.10. The van der Waals surface area contributed by atoms with Crippen LogP contribution in [0.3, 0.4) is 0 Å². The fourth-order valence-corrected chi connectivity index (χ4v) is 3.76. The van der Waals surface area contributed by atoms with Crippen LogP contribution in [0.15, 0.2) is 11.6 Å². The molecule has 2 nitrogen and oxygen atoms in total. The Morgan fingerprint density at radius 3 is 3.00 bits per heavy atom. The van der Waals surface area contributed by atoms with Crippen molar-refractivity contribution >= 4 is 11.3 Å². The second-order valence-electron chi connectivity index (χ2n) is 5.30. The second-order valence-corrected chi connectivity index (χ2v) is 6.28. The maximum absolute atomic E-state index is 10.8. The van der Waals surface area contributed by atoms with Gasteiger partial charge in [-0.15, -0.1) is 11.3 Å². The van der Waals surface area contributed by atoms with Gasteiger partial charge in [0, 0.05) is 18.0 Å². The van der Waals surface area contributed by atoms with Crippen molar-refractivity contribution in [3.63, 3.8) is 0 Å². The average Bonchev–Trinajstić information content (AvgIpc) is 2.69. The molecule has 2 unspecified atom stereocenters. The Morgan fingerprint density at radius 2 is 2.38 bits per heavy atom. The summed E-state index contributed by atoms with van der Waals surface area (Å²) in [6.45, 7) is 4.45. The third-order valence-corrected chi connectivity index (χ3v) is 4.59. The molecule has 0 amide bonds. The van der Waals surface area contributed by atoms with Crippen molar-refractivity contribution in [2.45, 2.75) is 51.6 Å². The van der Waals surface area contributed by atoms with E-state index in [1.165, 1.54) is 12.8 Å². The molecule has 1 aromatic heterocycles. The predicted octanol–water partition coefficient (Wildman–Crippen LogP) is 3.26. The van der Waals surface area contributed by atoms with Gasteiger partial charge in [-0.1, -0.05) is 26.7 Å². The molecule has 1 heterocycles. The van der Waals surface area contributed by atoms with Gasteiger partial charge in [0.2, 0.25) is 0 Å². The summed E-state index contributed by atoms with van der Waals surface area (Å²) in [5.74, 6) is 0.996. The SMILES string of the molecule is CC(C)C1CCCCC1(O)Cc1nccs1. The van der Waals surface area contributed by atoms with Gasteiger partial charge < -0.3 is 5.11 Å². The molecule has 1 aliphatic rings. The highest BCUT2D eigenvalue weighted by molar-refractivity contribution is 7.09. The van der Waals surface area contributed by atoms with Crippen LogP contribution < -0.4 is 0 Å². The van der Waals surface area contributed by atoms with Crippen LogP contribution in [0.2, 0.25) is 0 Å². The van der Waals surface area contributed by atoms with E-state index in [0.717, 1.165) is 24.3 Å². The minimum atomic E-state index is -0.510. The summed E-state index contributed by atoms with van der Waals surface area (Å²) in [5.41, 5.74) is -0.510. The summed E-state index contributed by atoms with van der Waals surface area (Å²) in [5, 5.41) is 13.9. The summed E-state index contributed by atoms with van der Waals surface area (Å²) in [6, 6.07) is 0. The molecule has 0 bridgehead atoms. The van der Waals surface area contributed by atoms with Crippen LogP contribution in [-0.4, -0.2) is 15.7 Å². The Balaban J connectivity index is 2.13. The van der Waals surface area contributed by atoms with Crippen molar-refractivity contribution in [3.05, 3.63) is 16.6 Å². The molecule has 1 fully saturated rings. The van der Waals surface area contributed by atoms with E-state index >= 15 is 0 Å². The van der Waals surface area contributed by atoms with Gasteiger partial charge in [-0.25, -0.2) is 4.98 Å². The van der Waals surface area contributed by atoms with Gasteiger partial charge >= 0.3 is 0 Å². The predicted molar refractivity (Wildman–Crippen MR) is 67.6 cm³/mol. The molecule has 0 aliphatic heterocycles. The average molecular weight is 239 g/mol. The summed E-state index contributed by atoms with van der Waals surface area (Å²) < 4.78 is 0. The third-order valence-electron chi connectivity index (χ3n) is 3.81. The lowest BCUT2D eigenvalue weighted by Crippen LogP contribution is -2.45. The number of hydrogen-bond donors (Lipinski definition) is 1. The topological polar surface area (TPSA) is 33.1 Å². The number of rotatable bonds is 3. The van der Waals surface area contributed by atoms with Crippen molar-refractivity contribution in [1.29, 1.82) is 0 Å². The van der Waals surface area contributed by atoms with Crippen LogP contribution in [0, 0.1) is 11.8 Å². The minimum Gasteiger partial charge on any atom is -0.389 e. The number of thiazole rings is 1. The Labute approximate surface area is 102 Å². The molecule has 2 rings (SSSR count). The van der Waals surface area contributed by atoms with E-state index in [0.29, 0.717) is 11.8 Å². The van der Waals surface area contributed by atoms with E-state index in [1.807, 2.05) is 11.6 Å². The molecule has 1 N–H and O–H groups in total. The molecule has 2 atom stereocenters.